The lowest BCUT2D eigenvalue weighted by atomic mass is 10.1. The van der Waals surface area contributed by atoms with Gasteiger partial charge in [0.2, 0.25) is 0 Å². The van der Waals surface area contributed by atoms with Crippen LogP contribution in [0.25, 0.3) is 22.1 Å². The summed E-state index contributed by atoms with van der Waals surface area (Å²) in [4.78, 5) is 0. The van der Waals surface area contributed by atoms with E-state index >= 15 is 0 Å². The third-order valence-electron chi connectivity index (χ3n) is 3.30. The predicted molar refractivity (Wildman–Crippen MR) is 97.8 cm³/mol. The highest BCUT2D eigenvalue weighted by Crippen LogP contribution is 2.33. The van der Waals surface area contributed by atoms with Gasteiger partial charge < -0.3 is 9.15 Å². The second-order valence-corrected chi connectivity index (χ2v) is 6.31. The van der Waals surface area contributed by atoms with Crippen molar-refractivity contribution in [1.29, 1.82) is 0 Å². The zero-order chi connectivity index (χ0) is 15.4. The fourth-order valence-corrected chi connectivity index (χ4v) is 2.76. The van der Waals surface area contributed by atoms with Crippen LogP contribution in [0.15, 0.2) is 69.8 Å². The van der Waals surface area contributed by atoms with Crippen molar-refractivity contribution in [3.8, 4) is 16.9 Å². The molecular weight excluding hydrogens is 408 g/mol. The van der Waals surface area contributed by atoms with E-state index in [1.54, 1.807) is 6.26 Å². The summed E-state index contributed by atoms with van der Waals surface area (Å²) in [6.07, 6.45) is 5.79. The van der Waals surface area contributed by atoms with Crippen LogP contribution < -0.4 is 4.74 Å². The van der Waals surface area contributed by atoms with Gasteiger partial charge in [0.1, 0.15) is 17.9 Å². The Bertz CT molecular complexity index is 788. The van der Waals surface area contributed by atoms with Crippen LogP contribution in [-0.2, 0) is 0 Å². The van der Waals surface area contributed by atoms with Crippen molar-refractivity contribution < 1.29 is 9.15 Å². The normalized spacial score (nSPS) is 11.4. The molecule has 1 heterocycles. The minimum Gasteiger partial charge on any atom is -0.489 e. The van der Waals surface area contributed by atoms with Gasteiger partial charge in [-0.1, -0.05) is 56.1 Å². The molecule has 0 atom stereocenters. The Hall–Kier alpha value is -1.52. The van der Waals surface area contributed by atoms with Crippen LogP contribution in [0, 0.1) is 0 Å². The van der Waals surface area contributed by atoms with E-state index in [0.717, 1.165) is 37.6 Å². The van der Waals surface area contributed by atoms with Gasteiger partial charge in [-0.3, -0.25) is 0 Å². The van der Waals surface area contributed by atoms with Crippen LogP contribution >= 0.6 is 31.9 Å². The number of hydrogen-bond acceptors (Lipinski definition) is 2. The first kappa shape index (κ1) is 15.4. The third kappa shape index (κ3) is 3.45. The summed E-state index contributed by atoms with van der Waals surface area (Å²) in [6, 6.07) is 14.2. The number of fused-ring (bicyclic) bond motifs is 1. The maximum Gasteiger partial charge on any atom is 0.138 e. The molecule has 1 aromatic heterocycles. The predicted octanol–water partition coefficient (Wildman–Crippen LogP) is 6.19. The fourth-order valence-electron chi connectivity index (χ4n) is 2.23. The smallest absolute Gasteiger partial charge is 0.138 e. The summed E-state index contributed by atoms with van der Waals surface area (Å²) in [5, 5.41) is 1.93. The molecule has 0 aliphatic rings. The van der Waals surface area contributed by atoms with Gasteiger partial charge >= 0.3 is 0 Å². The molecule has 0 bridgehead atoms. The van der Waals surface area contributed by atoms with Crippen LogP contribution in [0.2, 0.25) is 0 Å². The third-order valence-corrected chi connectivity index (χ3v) is 4.21. The molecular formula is C18H14Br2O2. The topological polar surface area (TPSA) is 22.4 Å². The monoisotopic (exact) mass is 420 g/mol. The first-order chi connectivity index (χ1) is 10.8. The van der Waals surface area contributed by atoms with Crippen LogP contribution in [-0.4, -0.2) is 11.9 Å². The number of allylic oxidation sites excluding steroid dienone is 1. The maximum absolute atomic E-state index is 5.68. The summed E-state index contributed by atoms with van der Waals surface area (Å²) < 4.78 is 12.4. The molecule has 3 rings (SSSR count). The lowest BCUT2D eigenvalue weighted by molar-refractivity contribution is 0.362. The average Bonchev–Trinajstić information content (AvgIpc) is 2.95. The highest BCUT2D eigenvalue weighted by atomic mass is 79.9. The van der Waals surface area contributed by atoms with Crippen molar-refractivity contribution in [2.45, 2.75) is 0 Å². The molecule has 0 fully saturated rings. The Labute approximate surface area is 146 Å². The molecule has 0 unspecified atom stereocenters. The molecule has 0 radical (unpaired) electrons. The molecule has 22 heavy (non-hydrogen) atoms. The van der Waals surface area contributed by atoms with Crippen molar-refractivity contribution in [3.63, 3.8) is 0 Å². The van der Waals surface area contributed by atoms with Crippen molar-refractivity contribution >= 4 is 42.8 Å². The maximum atomic E-state index is 5.68. The number of halogens is 2. The molecule has 0 aliphatic carbocycles. The summed E-state index contributed by atoms with van der Waals surface area (Å²) >= 11 is 6.79. The largest absolute Gasteiger partial charge is 0.489 e. The Kier molecular flexibility index (Phi) is 5.01. The van der Waals surface area contributed by atoms with Gasteiger partial charge in [0.05, 0.1) is 6.26 Å². The van der Waals surface area contributed by atoms with E-state index in [1.807, 2.05) is 42.5 Å². The van der Waals surface area contributed by atoms with Gasteiger partial charge in [0, 0.05) is 26.8 Å². The van der Waals surface area contributed by atoms with E-state index in [9.17, 15) is 0 Å². The van der Waals surface area contributed by atoms with E-state index in [4.69, 9.17) is 9.15 Å². The molecule has 0 spiro atoms. The van der Waals surface area contributed by atoms with Gasteiger partial charge in [0.25, 0.3) is 0 Å². The molecule has 0 amide bonds. The lowest BCUT2D eigenvalue weighted by Crippen LogP contribution is -1.92. The van der Waals surface area contributed by atoms with Gasteiger partial charge in [-0.15, -0.1) is 0 Å². The lowest BCUT2D eigenvalue weighted by Gasteiger charge is -2.03. The van der Waals surface area contributed by atoms with E-state index in [-0.39, 0.29) is 0 Å². The number of ether oxygens (including phenoxy) is 1. The van der Waals surface area contributed by atoms with Crippen molar-refractivity contribution in [2.75, 3.05) is 11.9 Å². The van der Waals surface area contributed by atoms with Crippen molar-refractivity contribution in [1.82, 2.24) is 0 Å². The minimum absolute atomic E-state index is 0.553. The van der Waals surface area contributed by atoms with E-state index < -0.39 is 0 Å². The number of furan rings is 1. The van der Waals surface area contributed by atoms with Crippen LogP contribution in [0.5, 0.6) is 5.75 Å². The molecule has 3 aromatic rings. The second kappa shape index (κ2) is 7.16. The fraction of sp³-hybridized carbons (Fsp3) is 0.111. The molecule has 0 saturated carbocycles. The molecule has 4 heteroatoms. The molecule has 0 saturated heterocycles. The average molecular weight is 422 g/mol. The van der Waals surface area contributed by atoms with Crippen molar-refractivity contribution in [3.05, 3.63) is 65.4 Å². The quantitative estimate of drug-likeness (QED) is 0.361. The molecule has 0 N–H and O–H groups in total. The van der Waals surface area contributed by atoms with E-state index in [0.29, 0.717) is 6.61 Å². The zero-order valence-corrected chi connectivity index (χ0v) is 14.9. The molecule has 0 aliphatic heterocycles. The molecule has 2 aromatic carbocycles. The van der Waals surface area contributed by atoms with Gasteiger partial charge in [-0.05, 0) is 29.8 Å². The Morgan fingerprint density at radius 2 is 1.86 bits per heavy atom. The molecule has 112 valence electrons. The summed E-state index contributed by atoms with van der Waals surface area (Å²) in [5.74, 6) is 0.809. The van der Waals surface area contributed by atoms with Gasteiger partial charge in [-0.25, -0.2) is 0 Å². The van der Waals surface area contributed by atoms with Gasteiger partial charge in [0.15, 0.2) is 0 Å². The number of benzene rings is 2. The Balaban J connectivity index is 1.86. The summed E-state index contributed by atoms with van der Waals surface area (Å²) in [7, 11) is 0. The summed E-state index contributed by atoms with van der Waals surface area (Å²) in [5.41, 5.74) is 3.06. The number of hydrogen-bond donors (Lipinski definition) is 0. The van der Waals surface area contributed by atoms with E-state index in [2.05, 4.69) is 44.0 Å². The summed E-state index contributed by atoms with van der Waals surface area (Å²) in [6.45, 7) is 0.553. The highest BCUT2D eigenvalue weighted by Gasteiger charge is 2.09. The molecule has 2 nitrogen and oxygen atoms in total. The van der Waals surface area contributed by atoms with E-state index in [1.165, 1.54) is 0 Å². The van der Waals surface area contributed by atoms with Crippen LogP contribution in [0.4, 0.5) is 0 Å². The first-order valence-corrected chi connectivity index (χ1v) is 8.80. The van der Waals surface area contributed by atoms with Gasteiger partial charge in [-0.2, -0.15) is 0 Å². The van der Waals surface area contributed by atoms with Crippen LogP contribution in [0.1, 0.15) is 0 Å². The van der Waals surface area contributed by atoms with Crippen LogP contribution in [0.3, 0.4) is 0 Å². The minimum atomic E-state index is 0.553. The Morgan fingerprint density at radius 3 is 2.64 bits per heavy atom. The second-order valence-electron chi connectivity index (χ2n) is 4.75. The number of rotatable bonds is 5. The van der Waals surface area contributed by atoms with Crippen molar-refractivity contribution in [2.24, 2.45) is 0 Å². The standard InChI is InChI=1S/C18H14Br2O2/c19-9-1-2-10-21-15-7-8-16-17(12-22-18(16)11-15)13-3-5-14(20)6-4-13/h1-8,11-12H,9-10H2/b2-1+. The zero-order valence-electron chi connectivity index (χ0n) is 11.8. The highest BCUT2D eigenvalue weighted by molar-refractivity contribution is 9.10. The first-order valence-electron chi connectivity index (χ1n) is 6.89. The number of alkyl halides is 1. The Morgan fingerprint density at radius 1 is 1.05 bits per heavy atom. The SMILES string of the molecule is BrC/C=C/COc1ccc2c(-c3ccc(Br)cc3)coc2c1.